The molecule has 0 saturated carbocycles. The van der Waals surface area contributed by atoms with E-state index in [4.69, 9.17) is 9.15 Å². The highest BCUT2D eigenvalue weighted by molar-refractivity contribution is 6.01. The van der Waals surface area contributed by atoms with Gasteiger partial charge in [0.1, 0.15) is 12.4 Å². The Morgan fingerprint density at radius 3 is 2.78 bits per heavy atom. The number of aryl methyl sites for hydroxylation is 1. The number of benzene rings is 3. The van der Waals surface area contributed by atoms with Crippen LogP contribution < -0.4 is 10.1 Å². The monoisotopic (exact) mass is 482 g/mol. The van der Waals surface area contributed by atoms with E-state index in [2.05, 4.69) is 34.7 Å². The van der Waals surface area contributed by atoms with E-state index < -0.39 is 10.8 Å². The predicted octanol–water partition coefficient (Wildman–Crippen LogP) is 5.73. The van der Waals surface area contributed by atoms with Crippen LogP contribution in [0.2, 0.25) is 0 Å². The average molecular weight is 482 g/mol. The number of hydrogen-bond acceptors (Lipinski definition) is 6. The molecule has 2 aromatic heterocycles. The number of aromatic nitrogens is 2. The van der Waals surface area contributed by atoms with Crippen molar-refractivity contribution in [1.29, 1.82) is 0 Å². The van der Waals surface area contributed by atoms with E-state index in [9.17, 15) is 14.9 Å². The quantitative estimate of drug-likeness (QED) is 0.223. The minimum absolute atomic E-state index is 0.0587. The lowest BCUT2D eigenvalue weighted by atomic mass is 10.0. The summed E-state index contributed by atoms with van der Waals surface area (Å²) in [6.45, 7) is 2.27. The highest BCUT2D eigenvalue weighted by atomic mass is 16.6. The van der Waals surface area contributed by atoms with E-state index in [0.717, 1.165) is 21.9 Å². The lowest BCUT2D eigenvalue weighted by Gasteiger charge is -2.07. The maximum absolute atomic E-state index is 12.6. The van der Waals surface area contributed by atoms with E-state index >= 15 is 0 Å². The topological polar surface area (TPSA) is 112 Å². The summed E-state index contributed by atoms with van der Waals surface area (Å²) in [6.07, 6.45) is 1.80. The van der Waals surface area contributed by atoms with Gasteiger partial charge in [0.05, 0.1) is 11.5 Å². The molecule has 9 heteroatoms. The molecule has 5 aromatic rings. The summed E-state index contributed by atoms with van der Waals surface area (Å²) >= 11 is 0. The van der Waals surface area contributed by atoms with Crippen LogP contribution in [-0.2, 0) is 13.2 Å². The zero-order valence-corrected chi connectivity index (χ0v) is 19.4. The normalized spacial score (nSPS) is 10.9. The molecule has 0 spiro atoms. The zero-order chi connectivity index (χ0) is 25.1. The van der Waals surface area contributed by atoms with Crippen molar-refractivity contribution in [1.82, 2.24) is 9.78 Å². The minimum atomic E-state index is -0.497. The van der Waals surface area contributed by atoms with E-state index in [1.807, 2.05) is 18.2 Å². The second kappa shape index (κ2) is 9.75. The SMILES string of the molecule is Cc1ccc(OCc2ccc(C(=O)Nc3ccn(Cc4cccc5ccccc45)n3)o2)c([N+](=O)[O-])c1. The van der Waals surface area contributed by atoms with Crippen LogP contribution in [0.4, 0.5) is 11.5 Å². The number of carbonyl (C=O) groups is 1. The van der Waals surface area contributed by atoms with E-state index in [1.165, 1.54) is 12.1 Å². The standard InChI is InChI=1S/C27H22N4O5/c1-18-9-11-24(23(15-18)31(33)34)35-17-21-10-12-25(36-21)27(32)28-26-13-14-30(29-26)16-20-7-4-6-19-5-2-3-8-22(19)20/h2-15H,16-17H2,1H3,(H,28,29,32). The Kier molecular flexibility index (Phi) is 6.19. The maximum Gasteiger partial charge on any atom is 0.311 e. The summed E-state index contributed by atoms with van der Waals surface area (Å²) in [5, 5.41) is 20.7. The van der Waals surface area contributed by atoms with Crippen molar-refractivity contribution in [3.05, 3.63) is 118 Å². The van der Waals surface area contributed by atoms with Crippen molar-refractivity contribution in [3.8, 4) is 5.75 Å². The minimum Gasteiger partial charge on any atom is -0.479 e. The van der Waals surface area contributed by atoms with Gasteiger partial charge in [-0.05, 0) is 47.0 Å². The maximum atomic E-state index is 12.6. The third kappa shape index (κ3) is 4.95. The number of ether oxygens (including phenoxy) is 1. The molecule has 5 rings (SSSR count). The van der Waals surface area contributed by atoms with Gasteiger partial charge < -0.3 is 14.5 Å². The van der Waals surface area contributed by atoms with Gasteiger partial charge >= 0.3 is 5.69 Å². The summed E-state index contributed by atoms with van der Waals surface area (Å²) in [5.74, 6) is 0.500. The molecule has 0 aliphatic carbocycles. The van der Waals surface area contributed by atoms with Crippen LogP contribution >= 0.6 is 0 Å². The first-order valence-electron chi connectivity index (χ1n) is 11.2. The third-order valence-corrected chi connectivity index (χ3v) is 5.66. The number of anilines is 1. The van der Waals surface area contributed by atoms with Crippen molar-refractivity contribution < 1.29 is 18.9 Å². The molecule has 180 valence electrons. The summed E-state index contributed by atoms with van der Waals surface area (Å²) in [7, 11) is 0. The smallest absolute Gasteiger partial charge is 0.311 e. The molecular weight excluding hydrogens is 460 g/mol. The van der Waals surface area contributed by atoms with Gasteiger partial charge in [0.15, 0.2) is 17.3 Å². The van der Waals surface area contributed by atoms with Gasteiger partial charge in [-0.1, -0.05) is 48.5 Å². The number of nitrogens with zero attached hydrogens (tertiary/aromatic N) is 3. The molecule has 1 amide bonds. The highest BCUT2D eigenvalue weighted by Crippen LogP contribution is 2.28. The van der Waals surface area contributed by atoms with Crippen molar-refractivity contribution in [2.75, 3.05) is 5.32 Å². The largest absolute Gasteiger partial charge is 0.479 e. The average Bonchev–Trinajstić information content (AvgIpc) is 3.53. The molecule has 0 aliphatic rings. The van der Waals surface area contributed by atoms with E-state index in [-0.39, 0.29) is 23.8 Å². The molecular formula is C27H22N4O5. The first-order chi connectivity index (χ1) is 17.5. The number of hydrogen-bond donors (Lipinski definition) is 1. The van der Waals surface area contributed by atoms with Crippen LogP contribution in [0.25, 0.3) is 10.8 Å². The number of furan rings is 1. The highest BCUT2D eigenvalue weighted by Gasteiger charge is 2.17. The van der Waals surface area contributed by atoms with Crippen LogP contribution in [0, 0.1) is 17.0 Å². The molecule has 0 unspecified atom stereocenters. The summed E-state index contributed by atoms with van der Waals surface area (Å²) in [4.78, 5) is 23.4. The molecule has 3 aromatic carbocycles. The predicted molar refractivity (Wildman–Crippen MR) is 134 cm³/mol. The van der Waals surface area contributed by atoms with Gasteiger partial charge in [-0.2, -0.15) is 5.10 Å². The first-order valence-corrected chi connectivity index (χ1v) is 11.2. The lowest BCUT2D eigenvalue weighted by molar-refractivity contribution is -0.386. The molecule has 0 radical (unpaired) electrons. The molecule has 0 saturated heterocycles. The second-order valence-corrected chi connectivity index (χ2v) is 8.27. The molecule has 36 heavy (non-hydrogen) atoms. The number of carbonyl (C=O) groups excluding carboxylic acids is 1. The van der Waals surface area contributed by atoms with Crippen LogP contribution in [0.1, 0.15) is 27.4 Å². The van der Waals surface area contributed by atoms with Crippen molar-refractivity contribution in [2.45, 2.75) is 20.1 Å². The number of nitro benzene ring substituents is 1. The Hall–Kier alpha value is -4.92. The van der Waals surface area contributed by atoms with Crippen LogP contribution in [0.15, 0.2) is 89.5 Å². The molecule has 0 bridgehead atoms. The van der Waals surface area contributed by atoms with Gasteiger partial charge in [-0.25, -0.2) is 0 Å². The van der Waals surface area contributed by atoms with Crippen LogP contribution in [-0.4, -0.2) is 20.6 Å². The Bertz CT molecular complexity index is 1560. The van der Waals surface area contributed by atoms with Crippen LogP contribution in [0.5, 0.6) is 5.75 Å². The van der Waals surface area contributed by atoms with Crippen molar-refractivity contribution in [3.63, 3.8) is 0 Å². The summed E-state index contributed by atoms with van der Waals surface area (Å²) in [6, 6.07) is 23.8. The Balaban J connectivity index is 1.22. The Labute approximate surface area is 206 Å². The molecule has 2 heterocycles. The van der Waals surface area contributed by atoms with Gasteiger partial charge in [-0.3, -0.25) is 19.6 Å². The van der Waals surface area contributed by atoms with Gasteiger partial charge in [0.2, 0.25) is 0 Å². The van der Waals surface area contributed by atoms with Gasteiger partial charge in [0.25, 0.3) is 5.91 Å². The number of fused-ring (bicyclic) bond motifs is 1. The fourth-order valence-electron chi connectivity index (χ4n) is 3.92. The molecule has 0 aliphatic heterocycles. The Morgan fingerprint density at radius 2 is 1.92 bits per heavy atom. The fourth-order valence-corrected chi connectivity index (χ4v) is 3.92. The Morgan fingerprint density at radius 1 is 1.08 bits per heavy atom. The van der Waals surface area contributed by atoms with Crippen molar-refractivity contribution in [2.24, 2.45) is 0 Å². The number of nitro groups is 1. The molecule has 1 N–H and O–H groups in total. The molecule has 0 fully saturated rings. The van der Waals surface area contributed by atoms with E-state index in [0.29, 0.717) is 18.1 Å². The van der Waals surface area contributed by atoms with Crippen molar-refractivity contribution >= 4 is 28.2 Å². The number of rotatable bonds is 8. The van der Waals surface area contributed by atoms with Crippen LogP contribution in [0.3, 0.4) is 0 Å². The van der Waals surface area contributed by atoms with Gasteiger partial charge in [0, 0.05) is 18.3 Å². The first kappa shape index (κ1) is 22.9. The summed E-state index contributed by atoms with van der Waals surface area (Å²) < 4.78 is 12.9. The molecule has 0 atom stereocenters. The fraction of sp³-hybridized carbons (Fsp3) is 0.111. The summed E-state index contributed by atoms with van der Waals surface area (Å²) in [5.41, 5.74) is 1.75. The lowest BCUT2D eigenvalue weighted by Crippen LogP contribution is -2.12. The zero-order valence-electron chi connectivity index (χ0n) is 19.4. The molecule has 9 nitrogen and oxygen atoms in total. The van der Waals surface area contributed by atoms with E-state index in [1.54, 1.807) is 42.1 Å². The number of nitrogens with one attached hydrogen (secondary N) is 1. The number of amides is 1. The second-order valence-electron chi connectivity index (χ2n) is 8.27. The van der Waals surface area contributed by atoms with Gasteiger partial charge in [-0.15, -0.1) is 0 Å². The third-order valence-electron chi connectivity index (χ3n) is 5.66.